The van der Waals surface area contributed by atoms with Crippen LogP contribution < -0.4 is 0 Å². The molecule has 33 heavy (non-hydrogen) atoms. The summed E-state index contributed by atoms with van der Waals surface area (Å²) in [7, 11) is 0. The van der Waals surface area contributed by atoms with Crippen LogP contribution in [-0.2, 0) is 0 Å². The molecule has 0 aromatic carbocycles. The summed E-state index contributed by atoms with van der Waals surface area (Å²) in [5.41, 5.74) is 1.61. The predicted molar refractivity (Wildman–Crippen MR) is 141 cm³/mol. The summed E-state index contributed by atoms with van der Waals surface area (Å²) in [6.45, 7) is 12.2. The van der Waals surface area contributed by atoms with E-state index in [1.165, 1.54) is 64.6 Å². The van der Waals surface area contributed by atoms with Crippen molar-refractivity contribution in [2.45, 2.75) is 111 Å². The third-order valence-electron chi connectivity index (χ3n) is 7.84. The number of unbranched alkanes of at least 4 members (excludes halogenated alkanes) is 4. The van der Waals surface area contributed by atoms with Gasteiger partial charge >= 0.3 is 0 Å². The fourth-order valence-electron chi connectivity index (χ4n) is 5.64. The minimum Gasteiger partial charge on any atom is -0.392 e. The number of allylic oxidation sites excluding steroid dienone is 2. The summed E-state index contributed by atoms with van der Waals surface area (Å²) in [5.74, 6) is 7.43. The minimum absolute atomic E-state index is 0.127. The molecule has 188 valence electrons. The molecule has 2 aliphatic rings. The first kappa shape index (κ1) is 28.2. The van der Waals surface area contributed by atoms with Crippen molar-refractivity contribution in [2.75, 3.05) is 19.6 Å². The van der Waals surface area contributed by atoms with Gasteiger partial charge in [-0.2, -0.15) is 0 Å². The van der Waals surface area contributed by atoms with Crippen LogP contribution in [0.5, 0.6) is 0 Å². The monoisotopic (exact) mass is 457 g/mol. The highest BCUT2D eigenvalue weighted by Crippen LogP contribution is 2.50. The van der Waals surface area contributed by atoms with Crippen LogP contribution in [0.15, 0.2) is 23.8 Å². The van der Waals surface area contributed by atoms with E-state index in [2.05, 4.69) is 42.7 Å². The molecule has 0 heterocycles. The molecule has 2 N–H and O–H groups in total. The third-order valence-corrected chi connectivity index (χ3v) is 7.84. The van der Waals surface area contributed by atoms with Crippen LogP contribution in [0.2, 0.25) is 0 Å². The molecule has 3 nitrogen and oxygen atoms in total. The molecule has 3 heteroatoms. The van der Waals surface area contributed by atoms with Gasteiger partial charge in [-0.15, -0.1) is 11.8 Å². The molecule has 2 fully saturated rings. The molecule has 2 aliphatic carbocycles. The van der Waals surface area contributed by atoms with Crippen molar-refractivity contribution < 1.29 is 10.2 Å². The number of fused-ring (bicyclic) bond motifs is 1. The van der Waals surface area contributed by atoms with E-state index in [-0.39, 0.29) is 17.9 Å². The van der Waals surface area contributed by atoms with Crippen molar-refractivity contribution in [3.8, 4) is 11.8 Å². The van der Waals surface area contributed by atoms with Gasteiger partial charge in [0, 0.05) is 12.3 Å². The smallest absolute Gasteiger partial charge is 0.0755 e. The molecule has 2 rings (SSSR count). The summed E-state index contributed by atoms with van der Waals surface area (Å²) in [6, 6.07) is 0. The first-order chi connectivity index (χ1) is 16.0. The highest BCUT2D eigenvalue weighted by atomic mass is 16.3. The second-order valence-electron chi connectivity index (χ2n) is 10.6. The average Bonchev–Trinajstić information content (AvgIpc) is 3.32. The van der Waals surface area contributed by atoms with E-state index in [4.69, 9.17) is 0 Å². The van der Waals surface area contributed by atoms with Crippen LogP contribution in [-0.4, -0.2) is 47.0 Å². The van der Waals surface area contributed by atoms with Gasteiger partial charge < -0.3 is 15.1 Å². The molecule has 0 aromatic heterocycles. The molecule has 6 atom stereocenters. The zero-order valence-electron chi connectivity index (χ0n) is 21.9. The van der Waals surface area contributed by atoms with Crippen molar-refractivity contribution in [2.24, 2.45) is 23.7 Å². The van der Waals surface area contributed by atoms with Crippen molar-refractivity contribution >= 4 is 0 Å². The molecular weight excluding hydrogens is 406 g/mol. The zero-order valence-corrected chi connectivity index (χ0v) is 21.9. The molecular formula is C30H51NO2. The van der Waals surface area contributed by atoms with E-state index in [0.717, 1.165) is 19.3 Å². The van der Waals surface area contributed by atoms with Gasteiger partial charge in [0.2, 0.25) is 0 Å². The quantitative estimate of drug-likeness (QED) is 0.171. The van der Waals surface area contributed by atoms with Crippen LogP contribution in [0.4, 0.5) is 0 Å². The highest BCUT2D eigenvalue weighted by molar-refractivity contribution is 5.18. The lowest BCUT2D eigenvalue weighted by atomic mass is 9.89. The van der Waals surface area contributed by atoms with Gasteiger partial charge in [-0.1, -0.05) is 57.4 Å². The van der Waals surface area contributed by atoms with Crippen molar-refractivity contribution in [1.29, 1.82) is 0 Å². The van der Waals surface area contributed by atoms with E-state index >= 15 is 0 Å². The minimum atomic E-state index is -0.484. The van der Waals surface area contributed by atoms with E-state index in [1.807, 2.05) is 19.9 Å². The molecule has 0 spiro atoms. The summed E-state index contributed by atoms with van der Waals surface area (Å²) in [5, 5.41) is 21.0. The Kier molecular flexibility index (Phi) is 13.4. The Morgan fingerprint density at radius 2 is 1.76 bits per heavy atom. The lowest BCUT2D eigenvalue weighted by Gasteiger charge is -2.21. The van der Waals surface area contributed by atoms with Gasteiger partial charge in [-0.05, 0) is 95.7 Å². The van der Waals surface area contributed by atoms with Gasteiger partial charge in [-0.3, -0.25) is 0 Å². The van der Waals surface area contributed by atoms with Gasteiger partial charge in [0.1, 0.15) is 0 Å². The molecule has 0 aromatic rings. The molecule has 0 saturated heterocycles. The number of aliphatic hydroxyl groups excluding tert-OH is 2. The Morgan fingerprint density at radius 1 is 1.06 bits per heavy atom. The Balaban J connectivity index is 1.77. The summed E-state index contributed by atoms with van der Waals surface area (Å²) in [4.78, 5) is 2.67. The first-order valence-corrected chi connectivity index (χ1v) is 13.8. The molecule has 0 aliphatic heterocycles. The van der Waals surface area contributed by atoms with Crippen LogP contribution in [0.25, 0.3) is 0 Å². The maximum absolute atomic E-state index is 10.6. The van der Waals surface area contributed by atoms with E-state index < -0.39 is 6.10 Å². The van der Waals surface area contributed by atoms with Crippen molar-refractivity contribution in [1.82, 2.24) is 4.90 Å². The Hall–Kier alpha value is -1.08. The summed E-state index contributed by atoms with van der Waals surface area (Å²) < 4.78 is 0. The van der Waals surface area contributed by atoms with Crippen molar-refractivity contribution in [3.63, 3.8) is 0 Å². The summed E-state index contributed by atoms with van der Waals surface area (Å²) in [6.07, 6.45) is 18.7. The van der Waals surface area contributed by atoms with E-state index in [0.29, 0.717) is 18.3 Å². The average molecular weight is 458 g/mol. The largest absolute Gasteiger partial charge is 0.392 e. The number of nitrogens with zero attached hydrogens (tertiary/aromatic N) is 1. The molecule has 0 bridgehead atoms. The Morgan fingerprint density at radius 3 is 2.42 bits per heavy atom. The molecule has 0 radical (unpaired) electrons. The summed E-state index contributed by atoms with van der Waals surface area (Å²) >= 11 is 0. The molecule has 0 amide bonds. The molecule has 2 saturated carbocycles. The number of hydrogen-bond donors (Lipinski definition) is 2. The Labute approximate surface area is 204 Å². The maximum Gasteiger partial charge on any atom is 0.0755 e. The zero-order chi connectivity index (χ0) is 24.1. The standard InChI is InChI=1S/C30H51NO2/c1-5-8-14-24(4)29(32)17-16-27-28-22-25(21-26(28)23-30(27)33)15-12-11-13-20-31(18-9-6-2)19-10-7-3/h15-17,24,26-30,32-33H,6-7,9-14,18-23H2,1-4H3/b17-16+,25-15+/t24-,26-,27+,28-,29+,30+/m0/s1. The number of hydrogen-bond acceptors (Lipinski definition) is 3. The fraction of sp³-hybridized carbons (Fsp3) is 0.800. The van der Waals surface area contributed by atoms with Gasteiger partial charge in [0.05, 0.1) is 12.2 Å². The normalized spacial score (nSPS) is 27.8. The lowest BCUT2D eigenvalue weighted by molar-refractivity contribution is 0.137. The van der Waals surface area contributed by atoms with Crippen LogP contribution in [0.1, 0.15) is 98.3 Å². The van der Waals surface area contributed by atoms with Gasteiger partial charge in [0.25, 0.3) is 0 Å². The maximum atomic E-state index is 10.6. The SMILES string of the molecule is CC#CC[C@H](C)[C@H](O)/C=C/[C@@H]1[C@H]2C/C(=C/CCCCN(CCCC)CCCC)C[C@H]2C[C@H]1O. The fourth-order valence-corrected chi connectivity index (χ4v) is 5.64. The second-order valence-corrected chi connectivity index (χ2v) is 10.6. The van der Waals surface area contributed by atoms with Crippen molar-refractivity contribution in [3.05, 3.63) is 23.8 Å². The molecule has 0 unspecified atom stereocenters. The second kappa shape index (κ2) is 15.8. The number of rotatable bonds is 15. The van der Waals surface area contributed by atoms with Crippen LogP contribution >= 0.6 is 0 Å². The van der Waals surface area contributed by atoms with Gasteiger partial charge in [0.15, 0.2) is 0 Å². The van der Waals surface area contributed by atoms with E-state index in [9.17, 15) is 10.2 Å². The van der Waals surface area contributed by atoms with E-state index in [1.54, 1.807) is 5.57 Å². The predicted octanol–water partition coefficient (Wildman–Crippen LogP) is 6.36. The highest BCUT2D eigenvalue weighted by Gasteiger charge is 2.44. The van der Waals surface area contributed by atoms with Gasteiger partial charge in [-0.25, -0.2) is 0 Å². The first-order valence-electron chi connectivity index (χ1n) is 13.8. The number of aliphatic hydroxyl groups is 2. The third kappa shape index (κ3) is 9.59. The Bertz CT molecular complexity index is 650. The van der Waals surface area contributed by atoms with Crippen LogP contribution in [0, 0.1) is 35.5 Å². The lowest BCUT2D eigenvalue weighted by Crippen LogP contribution is -2.27. The van der Waals surface area contributed by atoms with Crippen LogP contribution in [0.3, 0.4) is 0 Å². The topological polar surface area (TPSA) is 43.7 Å².